The molecule has 1 aromatic carbocycles. The van der Waals surface area contributed by atoms with Crippen LogP contribution in [0.15, 0.2) is 45.5 Å². The Kier molecular flexibility index (Phi) is 3.33. The van der Waals surface area contributed by atoms with Crippen LogP contribution in [-0.2, 0) is 17.1 Å². The number of nitrogens with zero attached hydrogens (tertiary/aromatic N) is 2. The van der Waals surface area contributed by atoms with E-state index in [9.17, 15) is 8.42 Å². The minimum absolute atomic E-state index is 0.0356. The van der Waals surface area contributed by atoms with Gasteiger partial charge in [0.2, 0.25) is 10.0 Å². The highest BCUT2D eigenvalue weighted by Gasteiger charge is 2.12. The van der Waals surface area contributed by atoms with Crippen molar-refractivity contribution in [3.8, 4) is 0 Å². The lowest BCUT2D eigenvalue weighted by Crippen LogP contribution is -2.12. The first-order valence-corrected chi connectivity index (χ1v) is 7.32. The average molecular weight is 284 g/mol. The molecule has 0 atom stereocenters. The molecular formula is C10H12N4O2S2. The van der Waals surface area contributed by atoms with Crippen molar-refractivity contribution in [3.63, 3.8) is 0 Å². The molecule has 8 heteroatoms. The summed E-state index contributed by atoms with van der Waals surface area (Å²) in [5.41, 5.74) is 6.29. The Hall–Kier alpha value is -1.51. The number of benzene rings is 1. The molecule has 0 aliphatic rings. The molecule has 2 rings (SSSR count). The SMILES string of the molecule is Cn1ccnc1Sc1cc(S(N)(=O)=O)ccc1N. The van der Waals surface area contributed by atoms with Crippen LogP contribution >= 0.6 is 11.8 Å². The van der Waals surface area contributed by atoms with E-state index in [1.165, 1.54) is 30.0 Å². The summed E-state index contributed by atoms with van der Waals surface area (Å²) in [6.45, 7) is 0. The molecule has 6 nitrogen and oxygen atoms in total. The molecule has 2 aromatic rings. The Morgan fingerprint density at radius 2 is 2.11 bits per heavy atom. The van der Waals surface area contributed by atoms with Crippen molar-refractivity contribution in [2.75, 3.05) is 5.73 Å². The monoisotopic (exact) mass is 284 g/mol. The van der Waals surface area contributed by atoms with Crippen molar-refractivity contribution < 1.29 is 8.42 Å². The Morgan fingerprint density at radius 1 is 1.39 bits per heavy atom. The normalized spacial score (nSPS) is 11.7. The average Bonchev–Trinajstić information content (AvgIpc) is 2.66. The Balaban J connectivity index is 2.42. The van der Waals surface area contributed by atoms with E-state index in [4.69, 9.17) is 10.9 Å². The van der Waals surface area contributed by atoms with Gasteiger partial charge >= 0.3 is 0 Å². The van der Waals surface area contributed by atoms with Gasteiger partial charge in [-0.15, -0.1) is 0 Å². The van der Waals surface area contributed by atoms with E-state index in [0.717, 1.165) is 0 Å². The van der Waals surface area contributed by atoms with Gasteiger partial charge in [0.1, 0.15) is 0 Å². The van der Waals surface area contributed by atoms with Gasteiger partial charge in [-0.05, 0) is 30.0 Å². The molecule has 0 fully saturated rings. The summed E-state index contributed by atoms with van der Waals surface area (Å²) in [6.07, 6.45) is 3.45. The molecule has 0 radical (unpaired) electrons. The Morgan fingerprint density at radius 3 is 2.67 bits per heavy atom. The van der Waals surface area contributed by atoms with E-state index in [1.807, 2.05) is 11.6 Å². The number of sulfonamides is 1. The second-order valence-corrected chi connectivity index (χ2v) is 6.24. The van der Waals surface area contributed by atoms with Gasteiger partial charge in [-0.25, -0.2) is 18.5 Å². The van der Waals surface area contributed by atoms with E-state index in [-0.39, 0.29) is 4.90 Å². The number of aromatic nitrogens is 2. The van der Waals surface area contributed by atoms with Crippen molar-refractivity contribution in [1.29, 1.82) is 0 Å². The molecule has 0 saturated heterocycles. The minimum atomic E-state index is -3.73. The highest BCUT2D eigenvalue weighted by atomic mass is 32.2. The van der Waals surface area contributed by atoms with E-state index in [0.29, 0.717) is 15.7 Å². The predicted molar refractivity (Wildman–Crippen MR) is 69.6 cm³/mol. The maximum atomic E-state index is 11.3. The van der Waals surface area contributed by atoms with Crippen LogP contribution in [0.5, 0.6) is 0 Å². The number of rotatable bonds is 3. The van der Waals surface area contributed by atoms with Crippen LogP contribution < -0.4 is 10.9 Å². The Labute approximate surface area is 109 Å². The Bertz CT molecular complexity index is 679. The minimum Gasteiger partial charge on any atom is -0.398 e. The topological polar surface area (TPSA) is 104 Å². The molecule has 0 aliphatic heterocycles. The van der Waals surface area contributed by atoms with Gasteiger partial charge in [0, 0.05) is 30.0 Å². The first kappa shape index (κ1) is 12.9. The van der Waals surface area contributed by atoms with Crippen molar-refractivity contribution in [2.45, 2.75) is 14.9 Å². The highest BCUT2D eigenvalue weighted by Crippen LogP contribution is 2.32. The number of nitrogen functional groups attached to an aromatic ring is 1. The summed E-state index contributed by atoms with van der Waals surface area (Å²) in [7, 11) is -1.88. The number of anilines is 1. The zero-order chi connectivity index (χ0) is 13.3. The van der Waals surface area contributed by atoms with Gasteiger partial charge in [0.15, 0.2) is 5.16 Å². The van der Waals surface area contributed by atoms with E-state index in [2.05, 4.69) is 4.98 Å². The third-order valence-corrected chi connectivity index (χ3v) is 4.35. The summed E-state index contributed by atoms with van der Waals surface area (Å²) >= 11 is 1.28. The highest BCUT2D eigenvalue weighted by molar-refractivity contribution is 7.99. The fourth-order valence-electron chi connectivity index (χ4n) is 1.33. The van der Waals surface area contributed by atoms with Crippen LogP contribution in [0.25, 0.3) is 0 Å². The molecular weight excluding hydrogens is 272 g/mol. The van der Waals surface area contributed by atoms with Crippen LogP contribution in [-0.4, -0.2) is 18.0 Å². The van der Waals surface area contributed by atoms with Gasteiger partial charge < -0.3 is 10.3 Å². The molecule has 1 heterocycles. The smallest absolute Gasteiger partial charge is 0.238 e. The number of imidazole rings is 1. The lowest BCUT2D eigenvalue weighted by Gasteiger charge is -2.07. The van der Waals surface area contributed by atoms with Crippen molar-refractivity contribution >= 4 is 27.5 Å². The molecule has 0 saturated carbocycles. The summed E-state index contributed by atoms with van der Waals surface area (Å²) < 4.78 is 24.4. The standard InChI is InChI=1S/C10H12N4O2S2/c1-14-5-4-13-10(14)17-9-6-7(18(12,15)16)2-3-8(9)11/h2-6H,11H2,1H3,(H2,12,15,16). The van der Waals surface area contributed by atoms with Crippen LogP contribution in [0.2, 0.25) is 0 Å². The second-order valence-electron chi connectivity index (χ2n) is 3.67. The van der Waals surface area contributed by atoms with Gasteiger partial charge in [-0.1, -0.05) is 0 Å². The third kappa shape index (κ3) is 2.66. The van der Waals surface area contributed by atoms with E-state index >= 15 is 0 Å². The number of primary sulfonamides is 1. The van der Waals surface area contributed by atoms with Gasteiger partial charge in [-0.2, -0.15) is 0 Å². The zero-order valence-electron chi connectivity index (χ0n) is 9.57. The fraction of sp³-hybridized carbons (Fsp3) is 0.100. The predicted octanol–water partition coefficient (Wildman–Crippen LogP) is 0.801. The van der Waals surface area contributed by atoms with Crippen LogP contribution in [0.3, 0.4) is 0 Å². The van der Waals surface area contributed by atoms with E-state index < -0.39 is 10.0 Å². The summed E-state index contributed by atoms with van der Waals surface area (Å²) in [5, 5.41) is 5.80. The summed E-state index contributed by atoms with van der Waals surface area (Å²) in [4.78, 5) is 4.78. The zero-order valence-corrected chi connectivity index (χ0v) is 11.2. The molecule has 0 spiro atoms. The number of aryl methyl sites for hydroxylation is 1. The first-order valence-electron chi connectivity index (χ1n) is 4.95. The number of hydrogen-bond acceptors (Lipinski definition) is 5. The molecule has 96 valence electrons. The second kappa shape index (κ2) is 4.63. The molecule has 1 aromatic heterocycles. The van der Waals surface area contributed by atoms with Crippen LogP contribution in [0.4, 0.5) is 5.69 Å². The largest absolute Gasteiger partial charge is 0.398 e. The maximum absolute atomic E-state index is 11.3. The number of hydrogen-bond donors (Lipinski definition) is 2. The maximum Gasteiger partial charge on any atom is 0.238 e. The summed E-state index contributed by atoms with van der Waals surface area (Å²) in [5.74, 6) is 0. The quantitative estimate of drug-likeness (QED) is 0.811. The van der Waals surface area contributed by atoms with Gasteiger partial charge in [0.25, 0.3) is 0 Å². The molecule has 4 N–H and O–H groups in total. The number of nitrogens with two attached hydrogens (primary N) is 2. The van der Waals surface area contributed by atoms with Crippen molar-refractivity contribution in [3.05, 3.63) is 30.6 Å². The first-order chi connectivity index (χ1) is 8.38. The molecule has 0 bridgehead atoms. The van der Waals surface area contributed by atoms with Gasteiger partial charge in [-0.3, -0.25) is 0 Å². The molecule has 0 aliphatic carbocycles. The van der Waals surface area contributed by atoms with Crippen LogP contribution in [0, 0.1) is 0 Å². The lowest BCUT2D eigenvalue weighted by atomic mass is 10.3. The lowest BCUT2D eigenvalue weighted by molar-refractivity contribution is 0.597. The summed E-state index contributed by atoms with van der Waals surface area (Å²) in [6, 6.07) is 4.35. The van der Waals surface area contributed by atoms with Crippen LogP contribution in [0.1, 0.15) is 0 Å². The fourth-order valence-corrected chi connectivity index (χ4v) is 2.83. The molecule has 18 heavy (non-hydrogen) atoms. The molecule has 0 unspecified atom stereocenters. The molecule has 0 amide bonds. The van der Waals surface area contributed by atoms with Crippen molar-refractivity contribution in [2.24, 2.45) is 12.2 Å². The third-order valence-electron chi connectivity index (χ3n) is 2.29. The van der Waals surface area contributed by atoms with Gasteiger partial charge in [0.05, 0.1) is 4.90 Å². The van der Waals surface area contributed by atoms with E-state index in [1.54, 1.807) is 12.4 Å². The van der Waals surface area contributed by atoms with Crippen molar-refractivity contribution in [1.82, 2.24) is 9.55 Å².